The molecule has 6 nitrogen and oxygen atoms in total. The number of nitrogens with zero attached hydrogens (tertiary/aromatic N) is 1. The van der Waals surface area contributed by atoms with Gasteiger partial charge < -0.3 is 15.6 Å². The van der Waals surface area contributed by atoms with Gasteiger partial charge in [-0.25, -0.2) is 0 Å². The number of H-pyrrole nitrogens is 1. The third kappa shape index (κ3) is 2.83. The molecular weight excluding hydrogens is 246 g/mol. The van der Waals surface area contributed by atoms with E-state index in [1.54, 1.807) is 13.0 Å². The minimum atomic E-state index is -0.489. The summed E-state index contributed by atoms with van der Waals surface area (Å²) in [6.07, 6.45) is 3.12. The molecule has 19 heavy (non-hydrogen) atoms. The van der Waals surface area contributed by atoms with Gasteiger partial charge in [0.15, 0.2) is 0 Å². The summed E-state index contributed by atoms with van der Waals surface area (Å²) in [6.45, 7) is 2.25. The highest BCUT2D eigenvalue weighted by molar-refractivity contribution is 5.88. The maximum Gasteiger partial charge on any atom is 0.250 e. The number of carbonyl (C=O) groups is 2. The normalized spacial score (nSPS) is 18.6. The summed E-state index contributed by atoms with van der Waals surface area (Å²) in [6, 6.07) is 1.20. The van der Waals surface area contributed by atoms with Crippen molar-refractivity contribution in [2.45, 2.75) is 32.2 Å². The van der Waals surface area contributed by atoms with Gasteiger partial charge in [0.1, 0.15) is 6.04 Å². The van der Waals surface area contributed by atoms with E-state index in [4.69, 9.17) is 5.73 Å². The molecule has 2 amide bonds. The van der Waals surface area contributed by atoms with Crippen molar-refractivity contribution in [1.29, 1.82) is 0 Å². The van der Waals surface area contributed by atoms with E-state index in [0.717, 1.165) is 12.0 Å². The molecule has 1 unspecified atom stereocenters. The summed E-state index contributed by atoms with van der Waals surface area (Å²) in [4.78, 5) is 38.8. The Morgan fingerprint density at radius 1 is 1.53 bits per heavy atom. The summed E-state index contributed by atoms with van der Waals surface area (Å²) in [5.74, 6) is -0.587. The first-order valence-electron chi connectivity index (χ1n) is 6.26. The lowest BCUT2D eigenvalue weighted by molar-refractivity contribution is -0.136. The van der Waals surface area contributed by atoms with Gasteiger partial charge in [-0.2, -0.15) is 0 Å². The van der Waals surface area contributed by atoms with Crippen molar-refractivity contribution in [2.24, 2.45) is 5.73 Å². The van der Waals surface area contributed by atoms with Crippen LogP contribution in [0.5, 0.6) is 0 Å². The highest BCUT2D eigenvalue weighted by Gasteiger charge is 2.32. The lowest BCUT2D eigenvalue weighted by atomic mass is 10.1. The molecule has 1 saturated heterocycles. The summed E-state index contributed by atoms with van der Waals surface area (Å²) in [7, 11) is 0. The van der Waals surface area contributed by atoms with Crippen molar-refractivity contribution < 1.29 is 9.59 Å². The minimum Gasteiger partial charge on any atom is -0.368 e. The molecule has 0 aliphatic carbocycles. The Kier molecular flexibility index (Phi) is 3.69. The molecule has 1 fully saturated rings. The summed E-state index contributed by atoms with van der Waals surface area (Å²) in [5, 5.41) is 0. The first kappa shape index (κ1) is 13.3. The van der Waals surface area contributed by atoms with E-state index in [2.05, 4.69) is 4.98 Å². The Morgan fingerprint density at radius 2 is 2.26 bits per heavy atom. The second-order valence-corrected chi connectivity index (χ2v) is 4.84. The van der Waals surface area contributed by atoms with Gasteiger partial charge in [0.05, 0.1) is 6.42 Å². The lowest BCUT2D eigenvalue weighted by Gasteiger charge is -2.22. The number of aromatic nitrogens is 1. The van der Waals surface area contributed by atoms with E-state index in [1.807, 2.05) is 0 Å². The number of rotatable bonds is 3. The molecule has 0 aromatic carbocycles. The molecule has 0 radical (unpaired) electrons. The second-order valence-electron chi connectivity index (χ2n) is 4.84. The van der Waals surface area contributed by atoms with Crippen molar-refractivity contribution in [2.75, 3.05) is 6.54 Å². The van der Waals surface area contributed by atoms with E-state index in [0.29, 0.717) is 18.5 Å². The van der Waals surface area contributed by atoms with Crippen molar-refractivity contribution in [3.63, 3.8) is 0 Å². The van der Waals surface area contributed by atoms with Crippen LogP contribution in [0.1, 0.15) is 24.0 Å². The molecule has 0 spiro atoms. The van der Waals surface area contributed by atoms with E-state index < -0.39 is 11.9 Å². The van der Waals surface area contributed by atoms with E-state index >= 15 is 0 Å². The zero-order chi connectivity index (χ0) is 14.0. The van der Waals surface area contributed by atoms with Crippen LogP contribution in [-0.2, 0) is 16.0 Å². The third-order valence-corrected chi connectivity index (χ3v) is 3.41. The van der Waals surface area contributed by atoms with E-state index in [9.17, 15) is 14.4 Å². The van der Waals surface area contributed by atoms with Crippen LogP contribution in [0.25, 0.3) is 0 Å². The number of aromatic amines is 1. The SMILES string of the molecule is Cc1cc(CC(=O)N2CCCC2C(N)=O)c[nH]c1=O. The van der Waals surface area contributed by atoms with Crippen LogP contribution in [-0.4, -0.2) is 34.3 Å². The summed E-state index contributed by atoms with van der Waals surface area (Å²) >= 11 is 0. The van der Waals surface area contributed by atoms with Crippen LogP contribution < -0.4 is 11.3 Å². The van der Waals surface area contributed by atoms with Crippen molar-refractivity contribution in [3.05, 3.63) is 33.7 Å². The number of primary amides is 1. The number of nitrogens with one attached hydrogen (secondary N) is 1. The molecule has 1 aliphatic rings. The fourth-order valence-electron chi connectivity index (χ4n) is 2.40. The predicted octanol–water partition coefficient (Wildman–Crippen LogP) is -0.298. The number of hydrogen-bond acceptors (Lipinski definition) is 3. The average Bonchev–Trinajstić information content (AvgIpc) is 2.83. The molecule has 0 bridgehead atoms. The Morgan fingerprint density at radius 3 is 2.89 bits per heavy atom. The van der Waals surface area contributed by atoms with Gasteiger partial charge in [0.2, 0.25) is 11.8 Å². The fourth-order valence-corrected chi connectivity index (χ4v) is 2.40. The maximum absolute atomic E-state index is 12.2. The van der Waals surface area contributed by atoms with Crippen LogP contribution in [0.15, 0.2) is 17.1 Å². The topological polar surface area (TPSA) is 96.3 Å². The number of likely N-dealkylation sites (tertiary alicyclic amines) is 1. The lowest BCUT2D eigenvalue weighted by Crippen LogP contribution is -2.44. The number of amides is 2. The van der Waals surface area contributed by atoms with E-state index in [-0.39, 0.29) is 17.9 Å². The summed E-state index contributed by atoms with van der Waals surface area (Å²) in [5.41, 5.74) is 6.42. The number of hydrogen-bond donors (Lipinski definition) is 2. The molecule has 0 saturated carbocycles. The van der Waals surface area contributed by atoms with Gasteiger partial charge in [0.25, 0.3) is 5.56 Å². The zero-order valence-corrected chi connectivity index (χ0v) is 10.8. The van der Waals surface area contributed by atoms with Crippen LogP contribution in [0.3, 0.4) is 0 Å². The van der Waals surface area contributed by atoms with Gasteiger partial charge in [0, 0.05) is 18.3 Å². The molecule has 1 aromatic heterocycles. The molecule has 102 valence electrons. The Hall–Kier alpha value is -2.11. The number of aryl methyl sites for hydroxylation is 1. The molecule has 1 atom stereocenters. The molecule has 6 heteroatoms. The van der Waals surface area contributed by atoms with Crippen LogP contribution in [0.4, 0.5) is 0 Å². The molecule has 2 rings (SSSR count). The number of nitrogens with two attached hydrogens (primary N) is 1. The maximum atomic E-state index is 12.2. The zero-order valence-electron chi connectivity index (χ0n) is 10.8. The number of carbonyl (C=O) groups excluding carboxylic acids is 2. The standard InChI is InChI=1S/C13H17N3O3/c1-8-5-9(7-15-13(8)19)6-11(17)16-4-2-3-10(16)12(14)18/h5,7,10H,2-4,6H2,1H3,(H2,14,18)(H,15,19). The van der Waals surface area contributed by atoms with Gasteiger partial charge in [-0.05, 0) is 31.4 Å². The molecular formula is C13H17N3O3. The fraction of sp³-hybridized carbons (Fsp3) is 0.462. The molecule has 1 aliphatic heterocycles. The Bertz CT molecular complexity index is 564. The smallest absolute Gasteiger partial charge is 0.250 e. The van der Waals surface area contributed by atoms with Crippen LogP contribution in [0.2, 0.25) is 0 Å². The molecule has 1 aromatic rings. The third-order valence-electron chi connectivity index (χ3n) is 3.41. The Balaban J connectivity index is 2.10. The second kappa shape index (κ2) is 5.26. The largest absolute Gasteiger partial charge is 0.368 e. The van der Waals surface area contributed by atoms with Gasteiger partial charge in [-0.1, -0.05) is 0 Å². The van der Waals surface area contributed by atoms with Crippen molar-refractivity contribution in [3.8, 4) is 0 Å². The van der Waals surface area contributed by atoms with Crippen LogP contribution >= 0.6 is 0 Å². The molecule has 2 heterocycles. The van der Waals surface area contributed by atoms with Crippen LogP contribution in [0, 0.1) is 6.92 Å². The number of pyridine rings is 1. The highest BCUT2D eigenvalue weighted by Crippen LogP contribution is 2.18. The minimum absolute atomic E-state index is 0.132. The monoisotopic (exact) mass is 263 g/mol. The van der Waals surface area contributed by atoms with Crippen molar-refractivity contribution in [1.82, 2.24) is 9.88 Å². The Labute approximate surface area is 110 Å². The first-order valence-corrected chi connectivity index (χ1v) is 6.26. The van der Waals surface area contributed by atoms with E-state index in [1.165, 1.54) is 11.1 Å². The first-order chi connectivity index (χ1) is 8.99. The van der Waals surface area contributed by atoms with Crippen molar-refractivity contribution >= 4 is 11.8 Å². The molecule has 3 N–H and O–H groups in total. The highest BCUT2D eigenvalue weighted by atomic mass is 16.2. The summed E-state index contributed by atoms with van der Waals surface area (Å²) < 4.78 is 0. The predicted molar refractivity (Wildman–Crippen MR) is 69.4 cm³/mol. The quantitative estimate of drug-likeness (QED) is 0.783. The van der Waals surface area contributed by atoms with Gasteiger partial charge in [-0.15, -0.1) is 0 Å². The average molecular weight is 263 g/mol. The van der Waals surface area contributed by atoms with Gasteiger partial charge >= 0.3 is 0 Å². The van der Waals surface area contributed by atoms with Gasteiger partial charge in [-0.3, -0.25) is 14.4 Å².